The Morgan fingerprint density at radius 2 is 1.81 bits per heavy atom. The van der Waals surface area contributed by atoms with Crippen LogP contribution in [0, 0.1) is 0 Å². The van der Waals surface area contributed by atoms with E-state index in [1.54, 1.807) is 0 Å². The molecule has 0 bridgehead atoms. The van der Waals surface area contributed by atoms with Crippen LogP contribution in [0.5, 0.6) is 0 Å². The van der Waals surface area contributed by atoms with Gasteiger partial charge in [0.05, 0.1) is 5.71 Å². The van der Waals surface area contributed by atoms with Crippen molar-refractivity contribution in [3.05, 3.63) is 65.7 Å². The normalized spacial score (nSPS) is 18.1. The van der Waals surface area contributed by atoms with Gasteiger partial charge in [-0.3, -0.25) is 0 Å². The Morgan fingerprint density at radius 1 is 1.11 bits per heavy atom. The maximum absolute atomic E-state index is 12.6. The molecule has 2 aliphatic heterocycles. The summed E-state index contributed by atoms with van der Waals surface area (Å²) in [6, 6.07) is 18.1. The number of carbonyl (C=O) groups is 1. The fourth-order valence-corrected chi connectivity index (χ4v) is 3.72. The van der Waals surface area contributed by atoms with Crippen LogP contribution in [0.3, 0.4) is 0 Å². The lowest BCUT2D eigenvalue weighted by Gasteiger charge is -2.37. The molecule has 2 aromatic rings. The zero-order valence-corrected chi connectivity index (χ0v) is 15.6. The van der Waals surface area contributed by atoms with Crippen LogP contribution in [0.2, 0.25) is 0 Å². The summed E-state index contributed by atoms with van der Waals surface area (Å²) in [5.41, 5.74) is 3.96. The Bertz CT molecular complexity index is 822. The molecule has 2 amide bonds. The number of nitrogens with zero attached hydrogens (tertiary/aromatic N) is 2. The molecule has 2 aliphatic rings. The number of amides is 2. The number of oxime groups is 1. The number of benzene rings is 2. The number of hydrogen-bond acceptors (Lipinski definition) is 3. The highest BCUT2D eigenvalue weighted by Crippen LogP contribution is 2.36. The maximum Gasteiger partial charge on any atom is 0.321 e. The monoisotopic (exact) mass is 363 g/mol. The summed E-state index contributed by atoms with van der Waals surface area (Å²) in [7, 11) is 0. The summed E-state index contributed by atoms with van der Waals surface area (Å²) < 4.78 is 0. The molecule has 0 saturated carbocycles. The molecule has 0 radical (unpaired) electrons. The molecule has 1 fully saturated rings. The van der Waals surface area contributed by atoms with Gasteiger partial charge in [0.15, 0.2) is 0 Å². The first-order valence-electron chi connectivity index (χ1n) is 9.63. The van der Waals surface area contributed by atoms with E-state index in [-0.39, 0.29) is 11.6 Å². The van der Waals surface area contributed by atoms with Crippen LogP contribution in [0.25, 0.3) is 0 Å². The number of anilines is 1. The van der Waals surface area contributed by atoms with E-state index in [2.05, 4.69) is 41.7 Å². The van der Waals surface area contributed by atoms with Gasteiger partial charge in [0.1, 0.15) is 5.60 Å². The van der Waals surface area contributed by atoms with Gasteiger partial charge >= 0.3 is 6.03 Å². The second kappa shape index (κ2) is 7.43. The van der Waals surface area contributed by atoms with E-state index in [1.165, 1.54) is 5.56 Å². The van der Waals surface area contributed by atoms with Gasteiger partial charge in [0, 0.05) is 38.0 Å². The highest BCUT2D eigenvalue weighted by Gasteiger charge is 2.43. The van der Waals surface area contributed by atoms with E-state index in [0.29, 0.717) is 13.1 Å². The minimum absolute atomic E-state index is 0.0451. The lowest BCUT2D eigenvalue weighted by Crippen LogP contribution is -2.48. The number of likely N-dealkylation sites (tertiary alicyclic amines) is 1. The summed E-state index contributed by atoms with van der Waals surface area (Å²) >= 11 is 0. The average Bonchev–Trinajstić information content (AvgIpc) is 3.13. The van der Waals surface area contributed by atoms with Crippen LogP contribution in [0.15, 0.2) is 59.8 Å². The van der Waals surface area contributed by atoms with Crippen molar-refractivity contribution in [2.75, 3.05) is 18.4 Å². The zero-order valence-electron chi connectivity index (χ0n) is 15.6. The number of rotatable bonds is 3. The van der Waals surface area contributed by atoms with Crippen LogP contribution in [-0.4, -0.2) is 35.3 Å². The predicted molar refractivity (Wildman–Crippen MR) is 107 cm³/mol. The largest absolute Gasteiger partial charge is 0.388 e. The maximum atomic E-state index is 12.6. The van der Waals surface area contributed by atoms with E-state index in [1.807, 2.05) is 35.2 Å². The quantitative estimate of drug-likeness (QED) is 0.876. The van der Waals surface area contributed by atoms with Crippen molar-refractivity contribution < 1.29 is 9.63 Å². The first-order valence-corrected chi connectivity index (χ1v) is 9.63. The number of carbonyl (C=O) groups excluding carboxylic acids is 1. The molecule has 5 heteroatoms. The number of piperidine rings is 1. The van der Waals surface area contributed by atoms with Gasteiger partial charge in [-0.15, -0.1) is 0 Å². The molecule has 27 heavy (non-hydrogen) atoms. The van der Waals surface area contributed by atoms with E-state index in [4.69, 9.17) is 4.84 Å². The SMILES string of the molecule is CCc1ccc(NC(=O)N2CCC3(CC2)CC(c2ccccc2)=NO3)cc1. The molecular weight excluding hydrogens is 338 g/mol. The van der Waals surface area contributed by atoms with Gasteiger partial charge in [0.2, 0.25) is 0 Å². The number of urea groups is 1. The van der Waals surface area contributed by atoms with Crippen molar-refractivity contribution in [1.29, 1.82) is 0 Å². The molecule has 140 valence electrons. The highest BCUT2D eigenvalue weighted by atomic mass is 16.7. The number of hydrogen-bond donors (Lipinski definition) is 1. The third-order valence-electron chi connectivity index (χ3n) is 5.52. The molecule has 1 N–H and O–H groups in total. The average molecular weight is 363 g/mol. The first-order chi connectivity index (χ1) is 13.2. The Hall–Kier alpha value is -2.82. The Balaban J connectivity index is 1.32. The summed E-state index contributed by atoms with van der Waals surface area (Å²) in [4.78, 5) is 20.3. The van der Waals surface area contributed by atoms with Crippen LogP contribution in [-0.2, 0) is 11.3 Å². The third-order valence-corrected chi connectivity index (χ3v) is 5.52. The molecule has 0 aromatic heterocycles. The molecule has 2 aromatic carbocycles. The van der Waals surface area contributed by atoms with Gasteiger partial charge in [-0.2, -0.15) is 0 Å². The van der Waals surface area contributed by atoms with E-state index in [9.17, 15) is 4.79 Å². The Labute approximate surface area is 160 Å². The smallest absolute Gasteiger partial charge is 0.321 e. The fourth-order valence-electron chi connectivity index (χ4n) is 3.72. The molecule has 0 aliphatic carbocycles. The van der Waals surface area contributed by atoms with Crippen molar-refractivity contribution in [3.8, 4) is 0 Å². The van der Waals surface area contributed by atoms with Gasteiger partial charge < -0.3 is 15.1 Å². The van der Waals surface area contributed by atoms with Crippen LogP contribution in [0.4, 0.5) is 10.5 Å². The molecule has 0 unspecified atom stereocenters. The van der Waals surface area contributed by atoms with Gasteiger partial charge in [-0.25, -0.2) is 4.79 Å². The van der Waals surface area contributed by atoms with Crippen molar-refractivity contribution in [2.45, 2.75) is 38.2 Å². The number of nitrogens with one attached hydrogen (secondary N) is 1. The molecule has 4 rings (SSSR count). The molecular formula is C22H25N3O2. The summed E-state index contributed by atoms with van der Waals surface area (Å²) in [6.45, 7) is 3.47. The standard InChI is InChI=1S/C22H25N3O2/c1-2-17-8-10-19(11-9-17)23-21(26)25-14-12-22(13-15-25)16-20(24-27-22)18-6-4-3-5-7-18/h3-11H,2,12-16H2,1H3,(H,23,26). The molecule has 5 nitrogen and oxygen atoms in total. The molecule has 0 atom stereocenters. The van der Waals surface area contributed by atoms with Crippen molar-refractivity contribution in [1.82, 2.24) is 4.90 Å². The van der Waals surface area contributed by atoms with E-state index in [0.717, 1.165) is 42.6 Å². The fraction of sp³-hybridized carbons (Fsp3) is 0.364. The number of aryl methyl sites for hydroxylation is 1. The lowest BCUT2D eigenvalue weighted by molar-refractivity contribution is -0.0544. The summed E-state index contributed by atoms with van der Waals surface area (Å²) in [6.07, 6.45) is 3.41. The van der Waals surface area contributed by atoms with Crippen molar-refractivity contribution in [2.24, 2.45) is 5.16 Å². The van der Waals surface area contributed by atoms with Crippen LogP contribution in [0.1, 0.15) is 37.3 Å². The highest BCUT2D eigenvalue weighted by molar-refractivity contribution is 6.01. The van der Waals surface area contributed by atoms with Gasteiger partial charge in [-0.05, 0) is 29.7 Å². The summed E-state index contributed by atoms with van der Waals surface area (Å²) in [5, 5.41) is 7.33. The Kier molecular flexibility index (Phi) is 4.84. The van der Waals surface area contributed by atoms with Gasteiger partial charge in [0.25, 0.3) is 0 Å². The molecule has 1 saturated heterocycles. The van der Waals surface area contributed by atoms with E-state index < -0.39 is 0 Å². The van der Waals surface area contributed by atoms with Crippen molar-refractivity contribution >= 4 is 17.4 Å². The Morgan fingerprint density at radius 3 is 2.48 bits per heavy atom. The van der Waals surface area contributed by atoms with Gasteiger partial charge in [-0.1, -0.05) is 54.5 Å². The predicted octanol–water partition coefficient (Wildman–Crippen LogP) is 4.44. The van der Waals surface area contributed by atoms with Crippen LogP contribution < -0.4 is 5.32 Å². The third kappa shape index (κ3) is 3.82. The molecule has 2 heterocycles. The summed E-state index contributed by atoms with van der Waals surface area (Å²) in [5.74, 6) is 0. The van der Waals surface area contributed by atoms with Crippen molar-refractivity contribution in [3.63, 3.8) is 0 Å². The van der Waals surface area contributed by atoms with E-state index >= 15 is 0 Å². The second-order valence-corrected chi connectivity index (χ2v) is 7.32. The second-order valence-electron chi connectivity index (χ2n) is 7.32. The minimum Gasteiger partial charge on any atom is -0.388 e. The zero-order chi connectivity index (χ0) is 18.7. The molecule has 1 spiro atoms. The first kappa shape index (κ1) is 17.6. The van der Waals surface area contributed by atoms with Crippen LogP contribution >= 0.6 is 0 Å². The minimum atomic E-state index is -0.259. The lowest BCUT2D eigenvalue weighted by atomic mass is 9.85. The topological polar surface area (TPSA) is 53.9 Å².